The molecule has 0 aliphatic rings. The van der Waals surface area contributed by atoms with Crippen LogP contribution in [0.2, 0.25) is 5.02 Å². The maximum atomic E-state index is 13.0. The van der Waals surface area contributed by atoms with E-state index >= 15 is 0 Å². The van der Waals surface area contributed by atoms with Gasteiger partial charge < -0.3 is 5.32 Å². The molecule has 2 rings (SSSR count). The molecule has 0 fully saturated rings. The Hall–Kier alpha value is -1.47. The predicted molar refractivity (Wildman–Crippen MR) is 98.5 cm³/mol. The summed E-state index contributed by atoms with van der Waals surface area (Å²) in [6, 6.07) is 11.1. The van der Waals surface area contributed by atoms with E-state index in [1.807, 2.05) is 13.8 Å². The maximum Gasteiger partial charge on any atom is 0.243 e. The number of rotatable bonds is 8. The van der Waals surface area contributed by atoms with Gasteiger partial charge in [-0.3, -0.25) is 0 Å². The molecule has 0 radical (unpaired) electrons. The molecule has 1 N–H and O–H groups in total. The first-order valence-electron chi connectivity index (χ1n) is 8.12. The third kappa shape index (κ3) is 5.01. The minimum absolute atomic E-state index is 0.293. The van der Waals surface area contributed by atoms with Crippen molar-refractivity contribution in [3.05, 3.63) is 64.4 Å². The highest BCUT2D eigenvalue weighted by molar-refractivity contribution is 7.89. The minimum atomic E-state index is -3.43. The van der Waals surface area contributed by atoms with Crippen molar-refractivity contribution in [3.63, 3.8) is 0 Å². The quantitative estimate of drug-likeness (QED) is 0.753. The Kier molecular flexibility index (Phi) is 6.95. The Balaban J connectivity index is 1.99. The van der Waals surface area contributed by atoms with Crippen molar-refractivity contribution >= 4 is 21.6 Å². The molecule has 0 heterocycles. The zero-order valence-corrected chi connectivity index (χ0v) is 15.9. The van der Waals surface area contributed by atoms with Gasteiger partial charge in [-0.15, -0.1) is 0 Å². The summed E-state index contributed by atoms with van der Waals surface area (Å²) in [5.74, 6) is -0.362. The molecule has 0 spiro atoms. The van der Waals surface area contributed by atoms with Gasteiger partial charge in [-0.2, -0.15) is 4.31 Å². The van der Waals surface area contributed by atoms with Crippen LogP contribution in [0.5, 0.6) is 0 Å². The minimum Gasteiger partial charge on any atom is -0.309 e. The van der Waals surface area contributed by atoms with E-state index in [1.165, 1.54) is 16.4 Å². The maximum absolute atomic E-state index is 13.0. The molecule has 0 saturated carbocycles. The van der Waals surface area contributed by atoms with Gasteiger partial charge in [-0.25, -0.2) is 12.8 Å². The lowest BCUT2D eigenvalue weighted by Crippen LogP contribution is -2.30. The van der Waals surface area contributed by atoms with Crippen LogP contribution in [0.25, 0.3) is 0 Å². The van der Waals surface area contributed by atoms with Crippen LogP contribution in [-0.4, -0.2) is 25.8 Å². The first-order chi connectivity index (χ1) is 11.9. The second-order valence-electron chi connectivity index (χ2n) is 5.57. The second-order valence-corrected chi connectivity index (χ2v) is 7.92. The zero-order valence-electron chi connectivity index (χ0n) is 14.3. The van der Waals surface area contributed by atoms with Crippen LogP contribution in [-0.2, 0) is 23.1 Å². The normalized spacial score (nSPS) is 11.9. The number of halogens is 2. The van der Waals surface area contributed by atoms with Crippen LogP contribution >= 0.6 is 11.6 Å². The summed E-state index contributed by atoms with van der Waals surface area (Å²) in [5, 5.41) is 3.60. The summed E-state index contributed by atoms with van der Waals surface area (Å²) in [6.45, 7) is 5.58. The van der Waals surface area contributed by atoms with Crippen molar-refractivity contribution in [1.82, 2.24) is 9.62 Å². The molecule has 2 aromatic carbocycles. The van der Waals surface area contributed by atoms with Gasteiger partial charge in [0.05, 0.1) is 4.90 Å². The van der Waals surface area contributed by atoms with Gasteiger partial charge in [-0.05, 0) is 35.4 Å². The Morgan fingerprint density at radius 3 is 2.24 bits per heavy atom. The highest BCUT2D eigenvalue weighted by Crippen LogP contribution is 2.18. The molecule has 0 saturated heterocycles. The van der Waals surface area contributed by atoms with Crippen LogP contribution in [0.1, 0.15) is 25.0 Å². The van der Waals surface area contributed by atoms with Crippen molar-refractivity contribution in [2.45, 2.75) is 31.8 Å². The van der Waals surface area contributed by atoms with E-state index < -0.39 is 10.0 Å². The topological polar surface area (TPSA) is 49.4 Å². The van der Waals surface area contributed by atoms with E-state index in [9.17, 15) is 12.8 Å². The van der Waals surface area contributed by atoms with Crippen LogP contribution in [0.3, 0.4) is 0 Å². The molecule has 0 amide bonds. The largest absolute Gasteiger partial charge is 0.309 e. The molecular weight excluding hydrogens is 363 g/mol. The molecule has 0 atom stereocenters. The molecule has 0 unspecified atom stereocenters. The lowest BCUT2D eigenvalue weighted by atomic mass is 10.2. The van der Waals surface area contributed by atoms with E-state index in [-0.39, 0.29) is 5.82 Å². The Morgan fingerprint density at radius 1 is 1.04 bits per heavy atom. The van der Waals surface area contributed by atoms with Crippen molar-refractivity contribution in [1.29, 1.82) is 0 Å². The Morgan fingerprint density at radius 2 is 1.68 bits per heavy atom. The van der Waals surface area contributed by atoms with E-state index in [4.69, 9.17) is 11.6 Å². The van der Waals surface area contributed by atoms with Gasteiger partial charge >= 0.3 is 0 Å². The van der Waals surface area contributed by atoms with Crippen molar-refractivity contribution < 1.29 is 12.8 Å². The second kappa shape index (κ2) is 8.76. The van der Waals surface area contributed by atoms with Gasteiger partial charge in [0.15, 0.2) is 0 Å². The number of nitrogens with one attached hydrogen (secondary N) is 1. The molecule has 0 aromatic heterocycles. The Bertz CT molecular complexity index is 806. The molecule has 0 aliphatic heterocycles. The third-order valence-corrected chi connectivity index (χ3v) is 6.34. The van der Waals surface area contributed by atoms with Crippen molar-refractivity contribution in [2.24, 2.45) is 0 Å². The highest BCUT2D eigenvalue weighted by Gasteiger charge is 2.20. The number of benzene rings is 2. The molecule has 25 heavy (non-hydrogen) atoms. The van der Waals surface area contributed by atoms with Crippen LogP contribution in [0.4, 0.5) is 4.39 Å². The molecule has 2 aromatic rings. The summed E-state index contributed by atoms with van der Waals surface area (Å²) in [5.41, 5.74) is 1.76. The van der Waals surface area contributed by atoms with Gasteiger partial charge in [-0.1, -0.05) is 43.6 Å². The van der Waals surface area contributed by atoms with Crippen LogP contribution in [0, 0.1) is 5.82 Å². The number of hydrogen-bond donors (Lipinski definition) is 1. The molecule has 0 bridgehead atoms. The standard InChI is InChI=1S/C18H22ClFN2O2S/c1-3-22(4-2)25(23,24)17-9-5-14(6-10-17)12-21-13-15-7-8-16(20)11-18(15)19/h5-11,21H,3-4,12-13H2,1-2H3. The van der Waals surface area contributed by atoms with Gasteiger partial charge in [0.1, 0.15) is 5.82 Å². The van der Waals surface area contributed by atoms with E-state index in [2.05, 4.69) is 5.32 Å². The van der Waals surface area contributed by atoms with E-state index in [0.717, 1.165) is 11.1 Å². The van der Waals surface area contributed by atoms with Crippen molar-refractivity contribution in [2.75, 3.05) is 13.1 Å². The van der Waals surface area contributed by atoms with Crippen LogP contribution in [0.15, 0.2) is 47.4 Å². The first-order valence-corrected chi connectivity index (χ1v) is 9.94. The van der Waals surface area contributed by atoms with Crippen molar-refractivity contribution in [3.8, 4) is 0 Å². The monoisotopic (exact) mass is 384 g/mol. The summed E-state index contributed by atoms with van der Waals surface area (Å²) in [6.07, 6.45) is 0. The number of hydrogen-bond acceptors (Lipinski definition) is 3. The fourth-order valence-corrected chi connectivity index (χ4v) is 4.19. The van der Waals surface area contributed by atoms with Gasteiger partial charge in [0.2, 0.25) is 10.0 Å². The average molecular weight is 385 g/mol. The predicted octanol–water partition coefficient (Wildman–Crippen LogP) is 3.80. The third-order valence-electron chi connectivity index (χ3n) is 3.93. The van der Waals surface area contributed by atoms with E-state index in [1.54, 1.807) is 30.3 Å². The molecule has 0 aliphatic carbocycles. The van der Waals surface area contributed by atoms with Crippen LogP contribution < -0.4 is 5.32 Å². The Labute approximate surface area is 153 Å². The average Bonchev–Trinajstić information content (AvgIpc) is 2.58. The van der Waals surface area contributed by atoms with Gasteiger partial charge in [0, 0.05) is 31.2 Å². The van der Waals surface area contributed by atoms with Gasteiger partial charge in [0.25, 0.3) is 0 Å². The summed E-state index contributed by atoms with van der Waals surface area (Å²) in [4.78, 5) is 0.293. The lowest BCUT2D eigenvalue weighted by Gasteiger charge is -2.18. The fourth-order valence-electron chi connectivity index (χ4n) is 2.50. The highest BCUT2D eigenvalue weighted by atomic mass is 35.5. The van der Waals surface area contributed by atoms with E-state index in [0.29, 0.717) is 36.1 Å². The molecule has 4 nitrogen and oxygen atoms in total. The zero-order chi connectivity index (χ0) is 18.4. The summed E-state index contributed by atoms with van der Waals surface area (Å²) < 4.78 is 39.3. The number of sulfonamides is 1. The SMILES string of the molecule is CCN(CC)S(=O)(=O)c1ccc(CNCc2ccc(F)cc2Cl)cc1. The number of nitrogens with zero attached hydrogens (tertiary/aromatic N) is 1. The molecular formula is C18H22ClFN2O2S. The molecule has 136 valence electrons. The summed E-state index contributed by atoms with van der Waals surface area (Å²) in [7, 11) is -3.43. The first kappa shape index (κ1) is 19.8. The fraction of sp³-hybridized carbons (Fsp3) is 0.333. The lowest BCUT2D eigenvalue weighted by molar-refractivity contribution is 0.445. The molecule has 7 heteroatoms. The summed E-state index contributed by atoms with van der Waals surface area (Å²) >= 11 is 5.99. The smallest absolute Gasteiger partial charge is 0.243 e.